The van der Waals surface area contributed by atoms with E-state index in [4.69, 9.17) is 4.74 Å². The predicted molar refractivity (Wildman–Crippen MR) is 115 cm³/mol. The summed E-state index contributed by atoms with van der Waals surface area (Å²) in [6.45, 7) is 7.80. The number of ketones is 1. The van der Waals surface area contributed by atoms with E-state index >= 15 is 0 Å². The fourth-order valence-electron chi connectivity index (χ4n) is 4.33. The smallest absolute Gasteiger partial charge is 0.232 e. The molecule has 2 aromatic rings. The molecule has 1 N–H and O–H groups in total. The van der Waals surface area contributed by atoms with E-state index in [0.717, 1.165) is 42.5 Å². The number of phenolic OH excluding ortho intramolecular Hbond substituents is 1. The molecule has 4 heteroatoms. The van der Waals surface area contributed by atoms with Crippen LogP contribution in [0.15, 0.2) is 36.1 Å². The highest BCUT2D eigenvalue weighted by Crippen LogP contribution is 2.42. The predicted octanol–water partition coefficient (Wildman–Crippen LogP) is 5.25. The van der Waals surface area contributed by atoms with Gasteiger partial charge >= 0.3 is 0 Å². The van der Waals surface area contributed by atoms with Gasteiger partial charge < -0.3 is 9.84 Å². The lowest BCUT2D eigenvalue weighted by Gasteiger charge is -2.33. The minimum absolute atomic E-state index is 0.106. The number of carbonyl (C=O) groups excluding carboxylic acids is 1. The number of carbonyl (C=O) groups is 1. The number of phenols is 1. The fourth-order valence-corrected chi connectivity index (χ4v) is 4.33. The van der Waals surface area contributed by atoms with Crippen molar-refractivity contribution in [1.29, 1.82) is 0 Å². The standard InChI is InChI=1S/C25H29NO3/c1-4-18-8-10-19(11-9-18)14-22-24(28)23-16(2)13-21(27)20(25(23)29-22)15-26-12-6-5-7-17(26)3/h8-11,13-14,17,27H,4-7,12,15H2,1-3H3/b22-14-. The van der Waals surface area contributed by atoms with Crippen molar-refractivity contribution in [3.8, 4) is 11.5 Å². The molecule has 2 aliphatic heterocycles. The SMILES string of the molecule is CCc1ccc(/C=C2\Oc3c(CN4CCCCC4C)c(O)cc(C)c3C2=O)cc1. The molecule has 1 unspecified atom stereocenters. The van der Waals surface area contributed by atoms with Gasteiger partial charge in [0.15, 0.2) is 5.76 Å². The third-order valence-electron chi connectivity index (χ3n) is 6.21. The van der Waals surface area contributed by atoms with Crippen molar-refractivity contribution in [2.24, 2.45) is 0 Å². The number of piperidine rings is 1. The first-order valence-electron chi connectivity index (χ1n) is 10.6. The Bertz CT molecular complexity index is 959. The lowest BCUT2D eigenvalue weighted by molar-refractivity contribution is 0.101. The van der Waals surface area contributed by atoms with Gasteiger partial charge in [0.2, 0.25) is 5.78 Å². The summed E-state index contributed by atoms with van der Waals surface area (Å²) >= 11 is 0. The Hall–Kier alpha value is -2.59. The largest absolute Gasteiger partial charge is 0.507 e. The molecule has 4 nitrogen and oxygen atoms in total. The van der Waals surface area contributed by atoms with E-state index < -0.39 is 0 Å². The Morgan fingerprint density at radius 1 is 1.24 bits per heavy atom. The van der Waals surface area contributed by atoms with Gasteiger partial charge in [0.25, 0.3) is 0 Å². The van der Waals surface area contributed by atoms with E-state index in [1.165, 1.54) is 12.0 Å². The average molecular weight is 392 g/mol. The van der Waals surface area contributed by atoms with Gasteiger partial charge in [-0.2, -0.15) is 0 Å². The maximum absolute atomic E-state index is 13.1. The van der Waals surface area contributed by atoms with Crippen LogP contribution in [0, 0.1) is 6.92 Å². The summed E-state index contributed by atoms with van der Waals surface area (Å²) in [5.41, 5.74) is 4.25. The Balaban J connectivity index is 1.68. The molecular formula is C25H29NO3. The topological polar surface area (TPSA) is 49.8 Å². The van der Waals surface area contributed by atoms with Gasteiger partial charge in [0, 0.05) is 12.6 Å². The lowest BCUT2D eigenvalue weighted by Crippen LogP contribution is -2.36. The minimum Gasteiger partial charge on any atom is -0.507 e. The molecule has 0 spiro atoms. The summed E-state index contributed by atoms with van der Waals surface area (Å²) < 4.78 is 6.07. The number of hydrogen-bond acceptors (Lipinski definition) is 4. The first-order valence-corrected chi connectivity index (χ1v) is 10.6. The number of benzene rings is 2. The highest BCUT2D eigenvalue weighted by Gasteiger charge is 2.34. The molecule has 0 aliphatic carbocycles. The zero-order chi connectivity index (χ0) is 20.5. The highest BCUT2D eigenvalue weighted by atomic mass is 16.5. The second-order valence-electron chi connectivity index (χ2n) is 8.25. The number of aryl methyl sites for hydroxylation is 2. The van der Waals surface area contributed by atoms with Crippen LogP contribution < -0.4 is 4.74 Å². The number of rotatable bonds is 4. The number of likely N-dealkylation sites (tertiary alicyclic amines) is 1. The van der Waals surface area contributed by atoms with E-state index in [1.54, 1.807) is 12.1 Å². The molecule has 0 amide bonds. The zero-order valence-electron chi connectivity index (χ0n) is 17.5. The number of aromatic hydroxyl groups is 1. The van der Waals surface area contributed by atoms with E-state index in [1.807, 2.05) is 19.1 Å². The molecule has 0 saturated carbocycles. The Labute approximate surface area is 172 Å². The number of fused-ring (bicyclic) bond motifs is 1. The van der Waals surface area contributed by atoms with Crippen molar-refractivity contribution in [2.45, 2.75) is 59.0 Å². The number of allylic oxidation sites excluding steroid dienone is 1. The number of ether oxygens (including phenoxy) is 1. The number of nitrogens with zero attached hydrogens (tertiary/aromatic N) is 1. The molecule has 29 heavy (non-hydrogen) atoms. The van der Waals surface area contributed by atoms with Crippen molar-refractivity contribution >= 4 is 11.9 Å². The second kappa shape index (κ2) is 8.03. The van der Waals surface area contributed by atoms with Crippen LogP contribution in [0.4, 0.5) is 0 Å². The van der Waals surface area contributed by atoms with Gasteiger partial charge in [0.05, 0.1) is 11.1 Å². The summed E-state index contributed by atoms with van der Waals surface area (Å²) in [4.78, 5) is 15.4. The molecule has 1 fully saturated rings. The van der Waals surface area contributed by atoms with Crippen molar-refractivity contribution in [3.05, 3.63) is 63.9 Å². The Morgan fingerprint density at radius 2 is 2.00 bits per heavy atom. The molecule has 0 radical (unpaired) electrons. The van der Waals surface area contributed by atoms with Crippen molar-refractivity contribution in [2.75, 3.05) is 6.54 Å². The van der Waals surface area contributed by atoms with E-state index in [-0.39, 0.29) is 11.5 Å². The highest BCUT2D eigenvalue weighted by molar-refractivity contribution is 6.15. The maximum Gasteiger partial charge on any atom is 0.232 e. The first-order chi connectivity index (χ1) is 14.0. The van der Waals surface area contributed by atoms with Crippen LogP contribution in [-0.2, 0) is 13.0 Å². The fraction of sp³-hybridized carbons (Fsp3) is 0.400. The summed E-state index contributed by atoms with van der Waals surface area (Å²) in [6.07, 6.45) is 6.35. The van der Waals surface area contributed by atoms with Crippen molar-refractivity contribution in [3.63, 3.8) is 0 Å². The van der Waals surface area contributed by atoms with Gasteiger partial charge in [-0.15, -0.1) is 0 Å². The first kappa shape index (κ1) is 19.7. The third-order valence-corrected chi connectivity index (χ3v) is 6.21. The molecule has 152 valence electrons. The van der Waals surface area contributed by atoms with E-state index in [0.29, 0.717) is 29.7 Å². The summed E-state index contributed by atoms with van der Waals surface area (Å²) in [6, 6.07) is 10.3. The minimum atomic E-state index is -0.106. The lowest BCUT2D eigenvalue weighted by atomic mass is 9.97. The monoisotopic (exact) mass is 391 g/mol. The van der Waals surface area contributed by atoms with Gasteiger partial charge in [-0.05, 0) is 68.5 Å². The molecule has 2 aromatic carbocycles. The van der Waals surface area contributed by atoms with Gasteiger partial charge in [-0.1, -0.05) is 37.6 Å². The number of Topliss-reactive ketones (excluding diaryl/α,β-unsaturated/α-hetero) is 1. The summed E-state index contributed by atoms with van der Waals surface area (Å²) in [5, 5.41) is 10.7. The average Bonchev–Trinajstić information content (AvgIpc) is 3.03. The molecule has 2 heterocycles. The second-order valence-corrected chi connectivity index (χ2v) is 8.25. The summed E-state index contributed by atoms with van der Waals surface area (Å²) in [5.74, 6) is 0.956. The number of hydrogen-bond donors (Lipinski definition) is 1. The normalized spacial score (nSPS) is 20.7. The molecule has 1 saturated heterocycles. The van der Waals surface area contributed by atoms with Crippen molar-refractivity contribution in [1.82, 2.24) is 4.90 Å². The van der Waals surface area contributed by atoms with Crippen LogP contribution in [0.25, 0.3) is 6.08 Å². The molecule has 4 rings (SSSR count). The molecule has 0 aromatic heterocycles. The van der Waals surface area contributed by atoms with E-state index in [2.05, 4.69) is 30.9 Å². The van der Waals surface area contributed by atoms with Crippen LogP contribution in [0.5, 0.6) is 11.5 Å². The van der Waals surface area contributed by atoms with Crippen LogP contribution in [0.1, 0.15) is 65.7 Å². The molecular weight excluding hydrogens is 362 g/mol. The quantitative estimate of drug-likeness (QED) is 0.723. The van der Waals surface area contributed by atoms with Gasteiger partial charge in [0.1, 0.15) is 11.5 Å². The molecule has 0 bridgehead atoms. The van der Waals surface area contributed by atoms with Crippen LogP contribution in [-0.4, -0.2) is 28.4 Å². The molecule has 1 atom stereocenters. The van der Waals surface area contributed by atoms with Crippen molar-refractivity contribution < 1.29 is 14.6 Å². The molecule has 2 aliphatic rings. The van der Waals surface area contributed by atoms with Crippen LogP contribution in [0.2, 0.25) is 0 Å². The van der Waals surface area contributed by atoms with Crippen LogP contribution >= 0.6 is 0 Å². The van der Waals surface area contributed by atoms with Crippen LogP contribution in [0.3, 0.4) is 0 Å². The Morgan fingerprint density at radius 3 is 2.69 bits per heavy atom. The van der Waals surface area contributed by atoms with E-state index in [9.17, 15) is 9.90 Å². The van der Waals surface area contributed by atoms with Gasteiger partial charge in [-0.3, -0.25) is 9.69 Å². The maximum atomic E-state index is 13.1. The zero-order valence-corrected chi connectivity index (χ0v) is 17.5. The summed E-state index contributed by atoms with van der Waals surface area (Å²) in [7, 11) is 0. The van der Waals surface area contributed by atoms with Gasteiger partial charge in [-0.25, -0.2) is 0 Å². The Kier molecular flexibility index (Phi) is 5.46. The third kappa shape index (κ3) is 3.82.